The van der Waals surface area contributed by atoms with Crippen molar-refractivity contribution < 1.29 is 0 Å². The van der Waals surface area contributed by atoms with Crippen LogP contribution in [0, 0.1) is 0 Å². The molecule has 0 saturated carbocycles. The van der Waals surface area contributed by atoms with Crippen LogP contribution in [0.15, 0.2) is 49.1 Å². The van der Waals surface area contributed by atoms with Crippen molar-refractivity contribution in [3.63, 3.8) is 0 Å². The largest absolute Gasteiger partial charge is 0.0952 e. The van der Waals surface area contributed by atoms with E-state index in [1.165, 1.54) is 11.1 Å². The van der Waals surface area contributed by atoms with E-state index in [-0.39, 0.29) is 0 Å². The molecule has 1 rings (SSSR count). The van der Waals surface area contributed by atoms with Crippen molar-refractivity contribution in [3.05, 3.63) is 54.6 Å². The van der Waals surface area contributed by atoms with Gasteiger partial charge in [0.1, 0.15) is 0 Å². The number of hydrogen-bond donors (Lipinski definition) is 0. The summed E-state index contributed by atoms with van der Waals surface area (Å²) in [6, 6.07) is 10.4. The highest BCUT2D eigenvalue weighted by Gasteiger charge is 1.95. The molecule has 0 fully saturated rings. The molecule has 0 unspecified atom stereocenters. The lowest BCUT2D eigenvalue weighted by molar-refractivity contribution is 1.07. The molecule has 13 heavy (non-hydrogen) atoms. The summed E-state index contributed by atoms with van der Waals surface area (Å²) in [6.07, 6.45) is 6.39. The Hall–Kier alpha value is -1.30. The van der Waals surface area contributed by atoms with Crippen molar-refractivity contribution in [3.8, 4) is 0 Å². The average Bonchev–Trinajstić information content (AvgIpc) is 2.19. The lowest BCUT2D eigenvalue weighted by Gasteiger charge is -2.02. The number of hydrogen-bond acceptors (Lipinski definition) is 0. The molecular weight excluding hydrogens is 156 g/mol. The quantitative estimate of drug-likeness (QED) is 0.601. The van der Waals surface area contributed by atoms with Crippen molar-refractivity contribution in [1.29, 1.82) is 0 Å². The molecule has 0 aliphatic rings. The van der Waals surface area contributed by atoms with E-state index in [1.54, 1.807) is 0 Å². The van der Waals surface area contributed by atoms with Gasteiger partial charge in [-0.2, -0.15) is 0 Å². The van der Waals surface area contributed by atoms with Gasteiger partial charge in [0.2, 0.25) is 0 Å². The lowest BCUT2D eigenvalue weighted by Crippen LogP contribution is -1.80. The van der Waals surface area contributed by atoms with Gasteiger partial charge in [-0.05, 0) is 30.9 Å². The fourth-order valence-corrected chi connectivity index (χ4v) is 1.24. The van der Waals surface area contributed by atoms with Gasteiger partial charge < -0.3 is 0 Å². The minimum absolute atomic E-state index is 1.05. The molecule has 68 valence electrons. The first kappa shape index (κ1) is 9.79. The Morgan fingerprint density at radius 2 is 2.00 bits per heavy atom. The van der Waals surface area contributed by atoms with Crippen LogP contribution < -0.4 is 0 Å². The normalized spacial score (nSPS) is 10.5. The van der Waals surface area contributed by atoms with E-state index in [4.69, 9.17) is 0 Å². The molecule has 0 heteroatoms. The summed E-state index contributed by atoms with van der Waals surface area (Å²) in [5.74, 6) is 0. The van der Waals surface area contributed by atoms with Crippen molar-refractivity contribution in [2.24, 2.45) is 0 Å². The molecule has 0 aliphatic heterocycles. The summed E-state index contributed by atoms with van der Waals surface area (Å²) >= 11 is 0. The van der Waals surface area contributed by atoms with Crippen molar-refractivity contribution in [2.75, 3.05) is 0 Å². The Kier molecular flexibility index (Phi) is 4.04. The Morgan fingerprint density at radius 1 is 1.31 bits per heavy atom. The lowest BCUT2D eigenvalue weighted by atomic mass is 10.0. The van der Waals surface area contributed by atoms with Gasteiger partial charge in [-0.15, -0.1) is 0 Å². The average molecular weight is 172 g/mol. The minimum Gasteiger partial charge on any atom is -0.0952 e. The highest BCUT2D eigenvalue weighted by molar-refractivity contribution is 5.63. The zero-order valence-electron chi connectivity index (χ0n) is 8.16. The standard InChI is InChI=1S/C13H16/c1-3-4-6-9-12(2)13-10-7-5-8-11-13/h3-5,7-8,10-11H,2,6,9H2,1H3. The predicted molar refractivity (Wildman–Crippen MR) is 59.5 cm³/mol. The van der Waals surface area contributed by atoms with Crippen molar-refractivity contribution >= 4 is 5.57 Å². The van der Waals surface area contributed by atoms with Crippen LogP contribution in [0.2, 0.25) is 0 Å². The van der Waals surface area contributed by atoms with E-state index < -0.39 is 0 Å². The van der Waals surface area contributed by atoms with Crippen LogP contribution in [0.5, 0.6) is 0 Å². The Morgan fingerprint density at radius 3 is 2.62 bits per heavy atom. The Labute approximate surface area is 80.6 Å². The van der Waals surface area contributed by atoms with E-state index in [0.29, 0.717) is 0 Å². The van der Waals surface area contributed by atoms with Crippen LogP contribution in [0.3, 0.4) is 0 Å². The van der Waals surface area contributed by atoms with Gasteiger partial charge in [0, 0.05) is 0 Å². The first-order chi connectivity index (χ1) is 6.34. The molecule has 0 heterocycles. The van der Waals surface area contributed by atoms with Crippen LogP contribution >= 0.6 is 0 Å². The maximum atomic E-state index is 4.06. The highest BCUT2D eigenvalue weighted by Crippen LogP contribution is 2.17. The van der Waals surface area contributed by atoms with Gasteiger partial charge in [-0.25, -0.2) is 0 Å². The van der Waals surface area contributed by atoms with Gasteiger partial charge in [0.25, 0.3) is 0 Å². The molecule has 0 amide bonds. The molecule has 0 nitrogen and oxygen atoms in total. The number of benzene rings is 1. The van der Waals surface area contributed by atoms with Gasteiger partial charge in [0.05, 0.1) is 0 Å². The van der Waals surface area contributed by atoms with Gasteiger partial charge in [0.15, 0.2) is 0 Å². The SMILES string of the molecule is C=C(CCC=CC)c1ccccc1. The second-order valence-corrected chi connectivity index (χ2v) is 3.08. The van der Waals surface area contributed by atoms with Crippen LogP contribution in [-0.2, 0) is 0 Å². The molecule has 0 aromatic heterocycles. The van der Waals surface area contributed by atoms with Crippen LogP contribution in [-0.4, -0.2) is 0 Å². The van der Waals surface area contributed by atoms with Crippen molar-refractivity contribution in [1.82, 2.24) is 0 Å². The maximum absolute atomic E-state index is 4.06. The van der Waals surface area contributed by atoms with E-state index >= 15 is 0 Å². The zero-order valence-corrected chi connectivity index (χ0v) is 8.16. The minimum atomic E-state index is 1.05. The monoisotopic (exact) mass is 172 g/mol. The van der Waals surface area contributed by atoms with E-state index in [0.717, 1.165) is 12.8 Å². The summed E-state index contributed by atoms with van der Waals surface area (Å²) in [6.45, 7) is 6.11. The molecule has 1 aromatic carbocycles. The third-order valence-corrected chi connectivity index (χ3v) is 2.03. The van der Waals surface area contributed by atoms with E-state index in [2.05, 4.69) is 43.0 Å². The van der Waals surface area contributed by atoms with Crippen LogP contribution in [0.1, 0.15) is 25.3 Å². The molecule has 0 N–H and O–H groups in total. The van der Waals surface area contributed by atoms with Gasteiger partial charge in [-0.3, -0.25) is 0 Å². The van der Waals surface area contributed by atoms with Gasteiger partial charge >= 0.3 is 0 Å². The molecule has 1 aromatic rings. The topological polar surface area (TPSA) is 0 Å². The third kappa shape index (κ3) is 3.29. The van der Waals surface area contributed by atoms with Crippen molar-refractivity contribution in [2.45, 2.75) is 19.8 Å². The van der Waals surface area contributed by atoms with E-state index in [9.17, 15) is 0 Å². The number of allylic oxidation sites excluding steroid dienone is 3. The third-order valence-electron chi connectivity index (χ3n) is 2.03. The molecule has 0 radical (unpaired) electrons. The maximum Gasteiger partial charge on any atom is -0.0230 e. The first-order valence-electron chi connectivity index (χ1n) is 4.69. The Bertz CT molecular complexity index is 280. The summed E-state index contributed by atoms with van der Waals surface area (Å²) in [4.78, 5) is 0. The number of rotatable bonds is 4. The highest BCUT2D eigenvalue weighted by atomic mass is 14.0. The van der Waals surface area contributed by atoms with Crippen LogP contribution in [0.4, 0.5) is 0 Å². The summed E-state index contributed by atoms with van der Waals surface area (Å²) < 4.78 is 0. The summed E-state index contributed by atoms with van der Waals surface area (Å²) in [7, 11) is 0. The van der Waals surface area contributed by atoms with Gasteiger partial charge in [-0.1, -0.05) is 49.1 Å². The first-order valence-corrected chi connectivity index (χ1v) is 4.69. The molecule has 0 spiro atoms. The zero-order chi connectivity index (χ0) is 9.52. The smallest absolute Gasteiger partial charge is 0.0230 e. The summed E-state index contributed by atoms with van der Waals surface area (Å²) in [5, 5.41) is 0. The molecule has 0 bridgehead atoms. The fourth-order valence-electron chi connectivity index (χ4n) is 1.24. The molecular formula is C13H16. The molecule has 0 saturated heterocycles. The molecule has 0 atom stereocenters. The Balaban J connectivity index is 2.49. The second-order valence-electron chi connectivity index (χ2n) is 3.08. The van der Waals surface area contributed by atoms with Crippen LogP contribution in [0.25, 0.3) is 5.57 Å². The fraction of sp³-hybridized carbons (Fsp3) is 0.231. The predicted octanol–water partition coefficient (Wildman–Crippen LogP) is 4.06. The second kappa shape index (κ2) is 5.36. The molecule has 0 aliphatic carbocycles. The van der Waals surface area contributed by atoms with E-state index in [1.807, 2.05) is 13.0 Å². The summed E-state index contributed by atoms with van der Waals surface area (Å²) in [5.41, 5.74) is 2.48.